The Kier molecular flexibility index (Phi) is 5.22. The van der Waals surface area contributed by atoms with Crippen LogP contribution in [0.4, 0.5) is 0 Å². The van der Waals surface area contributed by atoms with E-state index in [0.29, 0.717) is 23.4 Å². The Morgan fingerprint density at radius 3 is 2.62 bits per heavy atom. The van der Waals surface area contributed by atoms with Crippen molar-refractivity contribution in [1.29, 1.82) is 0 Å². The summed E-state index contributed by atoms with van der Waals surface area (Å²) < 4.78 is 12.0. The summed E-state index contributed by atoms with van der Waals surface area (Å²) in [4.78, 5) is 11.0. The normalized spacial score (nSPS) is 10.2. The molecule has 0 aromatic heterocycles. The predicted octanol–water partition coefficient (Wildman–Crippen LogP) is 4.13. The lowest BCUT2D eigenvalue weighted by Crippen LogP contribution is -2.02. The number of carbonyl (C=O) groups is 1. The summed E-state index contributed by atoms with van der Waals surface area (Å²) in [6.07, 6.45) is 0. The van der Waals surface area contributed by atoms with Crippen molar-refractivity contribution in [3.8, 4) is 11.5 Å². The predicted molar refractivity (Wildman–Crippen MR) is 83.0 cm³/mol. The number of benzene rings is 2. The van der Waals surface area contributed by atoms with Gasteiger partial charge < -0.3 is 14.6 Å². The standard InChI is InChI=1S/C16H15BrO4/c1-2-20-14-6-4-3-5-12(14)10-21-15-9-11(16(18)19)7-8-13(15)17/h3-9H,2,10H2,1H3,(H,18,19). The molecule has 2 aromatic carbocycles. The molecule has 1 N–H and O–H groups in total. The van der Waals surface area contributed by atoms with Gasteiger partial charge >= 0.3 is 5.97 Å². The van der Waals surface area contributed by atoms with Crippen LogP contribution in [0, 0.1) is 0 Å². The first-order chi connectivity index (χ1) is 10.1. The summed E-state index contributed by atoms with van der Waals surface area (Å²) in [5.74, 6) is 0.272. The summed E-state index contributed by atoms with van der Waals surface area (Å²) in [6, 6.07) is 12.3. The maximum absolute atomic E-state index is 11.0. The molecule has 0 atom stereocenters. The molecule has 0 radical (unpaired) electrons. The zero-order valence-corrected chi connectivity index (χ0v) is 13.1. The fraction of sp³-hybridized carbons (Fsp3) is 0.188. The van der Waals surface area contributed by atoms with Gasteiger partial charge in [-0.25, -0.2) is 4.79 Å². The molecule has 0 aliphatic carbocycles. The number of ether oxygens (including phenoxy) is 2. The maximum atomic E-state index is 11.0. The molecular formula is C16H15BrO4. The van der Waals surface area contributed by atoms with Gasteiger partial charge in [0.2, 0.25) is 0 Å². The summed E-state index contributed by atoms with van der Waals surface area (Å²) >= 11 is 3.35. The van der Waals surface area contributed by atoms with E-state index in [9.17, 15) is 4.79 Å². The monoisotopic (exact) mass is 350 g/mol. The molecular weight excluding hydrogens is 336 g/mol. The molecule has 0 saturated heterocycles. The van der Waals surface area contributed by atoms with Crippen LogP contribution in [-0.4, -0.2) is 17.7 Å². The van der Waals surface area contributed by atoms with Crippen LogP contribution < -0.4 is 9.47 Å². The Morgan fingerprint density at radius 1 is 1.14 bits per heavy atom. The molecule has 0 bridgehead atoms. The van der Waals surface area contributed by atoms with E-state index in [1.807, 2.05) is 31.2 Å². The lowest BCUT2D eigenvalue weighted by Gasteiger charge is -2.12. The highest BCUT2D eigenvalue weighted by Gasteiger charge is 2.09. The van der Waals surface area contributed by atoms with Gasteiger partial charge in [-0.15, -0.1) is 0 Å². The molecule has 5 heteroatoms. The third-order valence-corrected chi connectivity index (χ3v) is 3.49. The molecule has 0 heterocycles. The van der Waals surface area contributed by atoms with Gasteiger partial charge in [-0.2, -0.15) is 0 Å². The van der Waals surface area contributed by atoms with Crippen molar-refractivity contribution < 1.29 is 19.4 Å². The number of rotatable bonds is 6. The van der Waals surface area contributed by atoms with Gasteiger partial charge in [-0.1, -0.05) is 18.2 Å². The first-order valence-electron chi connectivity index (χ1n) is 6.48. The zero-order valence-electron chi connectivity index (χ0n) is 11.5. The average molecular weight is 351 g/mol. The molecule has 0 unspecified atom stereocenters. The second-order valence-electron chi connectivity index (χ2n) is 4.28. The van der Waals surface area contributed by atoms with Crippen LogP contribution in [0.15, 0.2) is 46.9 Å². The number of aromatic carboxylic acids is 1. The lowest BCUT2D eigenvalue weighted by molar-refractivity contribution is 0.0696. The van der Waals surface area contributed by atoms with Crippen LogP contribution in [0.2, 0.25) is 0 Å². The fourth-order valence-electron chi connectivity index (χ4n) is 1.82. The molecule has 0 aliphatic rings. The van der Waals surface area contributed by atoms with Crippen LogP contribution in [0.5, 0.6) is 11.5 Å². The van der Waals surface area contributed by atoms with E-state index in [0.717, 1.165) is 11.3 Å². The van der Waals surface area contributed by atoms with E-state index in [1.165, 1.54) is 12.1 Å². The van der Waals surface area contributed by atoms with Crippen molar-refractivity contribution in [3.05, 3.63) is 58.1 Å². The van der Waals surface area contributed by atoms with Crippen molar-refractivity contribution >= 4 is 21.9 Å². The molecule has 110 valence electrons. The van der Waals surface area contributed by atoms with Gasteiger partial charge in [0.25, 0.3) is 0 Å². The van der Waals surface area contributed by atoms with Crippen molar-refractivity contribution in [2.75, 3.05) is 6.61 Å². The molecule has 0 saturated carbocycles. The Bertz CT molecular complexity index is 640. The lowest BCUT2D eigenvalue weighted by atomic mass is 10.2. The quantitative estimate of drug-likeness (QED) is 0.850. The molecule has 0 spiro atoms. The Balaban J connectivity index is 2.16. The van der Waals surface area contributed by atoms with Crippen LogP contribution in [0.25, 0.3) is 0 Å². The Labute approximate surface area is 131 Å². The third-order valence-electron chi connectivity index (χ3n) is 2.83. The highest BCUT2D eigenvalue weighted by atomic mass is 79.9. The molecule has 2 rings (SSSR count). The number of para-hydroxylation sites is 1. The fourth-order valence-corrected chi connectivity index (χ4v) is 2.18. The Hall–Kier alpha value is -2.01. The van der Waals surface area contributed by atoms with Gasteiger partial charge in [0.05, 0.1) is 16.6 Å². The average Bonchev–Trinajstić information content (AvgIpc) is 2.48. The van der Waals surface area contributed by atoms with Crippen molar-refractivity contribution in [2.24, 2.45) is 0 Å². The summed E-state index contributed by atoms with van der Waals surface area (Å²) in [5.41, 5.74) is 1.10. The highest BCUT2D eigenvalue weighted by Crippen LogP contribution is 2.28. The Morgan fingerprint density at radius 2 is 1.90 bits per heavy atom. The molecule has 2 aromatic rings. The number of halogens is 1. The minimum absolute atomic E-state index is 0.186. The van der Waals surface area contributed by atoms with Gasteiger partial charge in [0.15, 0.2) is 0 Å². The van der Waals surface area contributed by atoms with Crippen LogP contribution >= 0.6 is 15.9 Å². The summed E-state index contributed by atoms with van der Waals surface area (Å²) in [6.45, 7) is 2.80. The maximum Gasteiger partial charge on any atom is 0.335 e. The van der Waals surface area contributed by atoms with E-state index in [1.54, 1.807) is 6.07 Å². The molecule has 0 amide bonds. The molecule has 0 fully saturated rings. The van der Waals surface area contributed by atoms with Crippen LogP contribution in [0.3, 0.4) is 0 Å². The zero-order chi connectivity index (χ0) is 15.2. The second-order valence-corrected chi connectivity index (χ2v) is 5.13. The third kappa shape index (κ3) is 3.98. The highest BCUT2D eigenvalue weighted by molar-refractivity contribution is 9.10. The minimum atomic E-state index is -0.984. The van der Waals surface area contributed by atoms with Crippen molar-refractivity contribution in [2.45, 2.75) is 13.5 Å². The van der Waals surface area contributed by atoms with E-state index >= 15 is 0 Å². The largest absolute Gasteiger partial charge is 0.493 e. The SMILES string of the molecule is CCOc1ccccc1COc1cc(C(=O)O)ccc1Br. The smallest absolute Gasteiger partial charge is 0.335 e. The first-order valence-corrected chi connectivity index (χ1v) is 7.27. The van der Waals surface area contributed by atoms with Gasteiger partial charge in [0.1, 0.15) is 18.1 Å². The molecule has 4 nitrogen and oxygen atoms in total. The minimum Gasteiger partial charge on any atom is -0.493 e. The van der Waals surface area contributed by atoms with Crippen LogP contribution in [0.1, 0.15) is 22.8 Å². The van der Waals surface area contributed by atoms with Gasteiger partial charge in [-0.3, -0.25) is 0 Å². The number of hydrogen-bond acceptors (Lipinski definition) is 3. The number of hydrogen-bond donors (Lipinski definition) is 1. The van der Waals surface area contributed by atoms with Gasteiger partial charge in [-0.05, 0) is 47.1 Å². The van der Waals surface area contributed by atoms with E-state index in [4.69, 9.17) is 14.6 Å². The number of carboxylic acids is 1. The summed E-state index contributed by atoms with van der Waals surface area (Å²) in [5, 5.41) is 9.01. The van der Waals surface area contributed by atoms with Crippen LogP contribution in [-0.2, 0) is 6.61 Å². The summed E-state index contributed by atoms with van der Waals surface area (Å²) in [7, 11) is 0. The molecule has 21 heavy (non-hydrogen) atoms. The van der Waals surface area contributed by atoms with E-state index < -0.39 is 5.97 Å². The first kappa shape index (κ1) is 15.4. The second kappa shape index (κ2) is 7.13. The van der Waals surface area contributed by atoms with Gasteiger partial charge in [0, 0.05) is 5.56 Å². The topological polar surface area (TPSA) is 55.8 Å². The molecule has 0 aliphatic heterocycles. The van der Waals surface area contributed by atoms with E-state index in [2.05, 4.69) is 15.9 Å². The van der Waals surface area contributed by atoms with E-state index in [-0.39, 0.29) is 5.56 Å². The van der Waals surface area contributed by atoms with Crippen molar-refractivity contribution in [1.82, 2.24) is 0 Å². The number of carboxylic acid groups (broad SMARTS) is 1. The van der Waals surface area contributed by atoms with Crippen molar-refractivity contribution in [3.63, 3.8) is 0 Å².